The van der Waals surface area contributed by atoms with Gasteiger partial charge < -0.3 is 15.8 Å². The molecule has 2 atom stereocenters. The number of nitrogens with two attached hydrogens (primary N) is 1. The Morgan fingerprint density at radius 3 is 3.00 bits per heavy atom. The standard InChI is InChI=1S/C14H19FN2O2/c15-6-7-19-13-3-1-2-12(9-13)17-14(18)10-4-5-11(16)8-10/h1-3,9-11H,4-8,16H2,(H,17,18). The fourth-order valence-electron chi connectivity index (χ4n) is 2.32. The molecule has 1 fully saturated rings. The van der Waals surface area contributed by atoms with E-state index in [1.807, 2.05) is 0 Å². The Kier molecular flexibility index (Phi) is 4.74. The third-order valence-electron chi connectivity index (χ3n) is 3.29. The number of carbonyl (C=O) groups excluding carboxylic acids is 1. The third kappa shape index (κ3) is 3.92. The van der Waals surface area contributed by atoms with Crippen molar-refractivity contribution in [1.29, 1.82) is 0 Å². The van der Waals surface area contributed by atoms with Gasteiger partial charge in [0.15, 0.2) is 0 Å². The second kappa shape index (κ2) is 6.52. The zero-order chi connectivity index (χ0) is 13.7. The molecule has 19 heavy (non-hydrogen) atoms. The van der Waals surface area contributed by atoms with E-state index < -0.39 is 6.67 Å². The van der Waals surface area contributed by atoms with Crippen molar-refractivity contribution in [2.75, 3.05) is 18.6 Å². The Hall–Kier alpha value is -1.62. The number of anilines is 1. The van der Waals surface area contributed by atoms with Gasteiger partial charge in [0.1, 0.15) is 19.0 Å². The van der Waals surface area contributed by atoms with Gasteiger partial charge in [0, 0.05) is 23.7 Å². The van der Waals surface area contributed by atoms with Crippen LogP contribution in [-0.4, -0.2) is 25.2 Å². The van der Waals surface area contributed by atoms with Crippen molar-refractivity contribution in [3.63, 3.8) is 0 Å². The first-order valence-electron chi connectivity index (χ1n) is 6.54. The lowest BCUT2D eigenvalue weighted by atomic mass is 10.1. The van der Waals surface area contributed by atoms with E-state index in [1.54, 1.807) is 24.3 Å². The Morgan fingerprint density at radius 2 is 2.32 bits per heavy atom. The molecule has 4 nitrogen and oxygen atoms in total. The van der Waals surface area contributed by atoms with Gasteiger partial charge in [-0.3, -0.25) is 4.79 Å². The molecule has 3 N–H and O–H groups in total. The van der Waals surface area contributed by atoms with E-state index >= 15 is 0 Å². The number of nitrogens with one attached hydrogen (secondary N) is 1. The number of halogens is 1. The fraction of sp³-hybridized carbons (Fsp3) is 0.500. The van der Waals surface area contributed by atoms with Crippen molar-refractivity contribution in [3.8, 4) is 5.75 Å². The summed E-state index contributed by atoms with van der Waals surface area (Å²) in [4.78, 5) is 12.0. The van der Waals surface area contributed by atoms with Gasteiger partial charge >= 0.3 is 0 Å². The van der Waals surface area contributed by atoms with Crippen molar-refractivity contribution in [3.05, 3.63) is 24.3 Å². The van der Waals surface area contributed by atoms with Gasteiger partial charge in [-0.2, -0.15) is 0 Å². The minimum absolute atomic E-state index is 0.00408. The number of benzene rings is 1. The van der Waals surface area contributed by atoms with Crippen LogP contribution < -0.4 is 15.8 Å². The summed E-state index contributed by atoms with van der Waals surface area (Å²) in [6, 6.07) is 7.12. The SMILES string of the molecule is NC1CCC(C(=O)Nc2cccc(OCCF)c2)C1. The van der Waals surface area contributed by atoms with Gasteiger partial charge in [-0.1, -0.05) is 6.07 Å². The summed E-state index contributed by atoms with van der Waals surface area (Å²) in [7, 11) is 0. The molecular weight excluding hydrogens is 247 g/mol. The largest absolute Gasteiger partial charge is 0.491 e. The van der Waals surface area contributed by atoms with Crippen LogP contribution in [0.1, 0.15) is 19.3 Å². The molecule has 0 spiro atoms. The Labute approximate surface area is 112 Å². The molecule has 1 aromatic rings. The van der Waals surface area contributed by atoms with Crippen molar-refractivity contribution in [1.82, 2.24) is 0 Å². The van der Waals surface area contributed by atoms with E-state index in [-0.39, 0.29) is 24.5 Å². The molecule has 0 heterocycles. The molecule has 0 radical (unpaired) electrons. The first-order valence-corrected chi connectivity index (χ1v) is 6.54. The molecule has 2 unspecified atom stereocenters. The fourth-order valence-corrected chi connectivity index (χ4v) is 2.32. The predicted molar refractivity (Wildman–Crippen MR) is 71.9 cm³/mol. The lowest BCUT2D eigenvalue weighted by Gasteiger charge is -2.12. The molecule has 0 aromatic heterocycles. The van der Waals surface area contributed by atoms with Crippen LogP contribution in [0, 0.1) is 5.92 Å². The lowest BCUT2D eigenvalue weighted by molar-refractivity contribution is -0.119. The van der Waals surface area contributed by atoms with Crippen LogP contribution in [0.15, 0.2) is 24.3 Å². The normalized spacial score (nSPS) is 22.2. The minimum atomic E-state index is -0.531. The highest BCUT2D eigenvalue weighted by Gasteiger charge is 2.27. The van der Waals surface area contributed by atoms with Gasteiger partial charge in [-0.25, -0.2) is 4.39 Å². The van der Waals surface area contributed by atoms with E-state index in [1.165, 1.54) is 0 Å². The summed E-state index contributed by atoms with van der Waals surface area (Å²) in [6.07, 6.45) is 2.48. The Balaban J connectivity index is 1.93. The summed E-state index contributed by atoms with van der Waals surface area (Å²) < 4.78 is 17.2. The molecular formula is C14H19FN2O2. The predicted octanol–water partition coefficient (Wildman–Crippen LogP) is 2.10. The zero-order valence-corrected chi connectivity index (χ0v) is 10.8. The van der Waals surface area contributed by atoms with Gasteiger partial charge in [0.25, 0.3) is 0 Å². The van der Waals surface area contributed by atoms with Crippen LogP contribution in [0.2, 0.25) is 0 Å². The third-order valence-corrected chi connectivity index (χ3v) is 3.29. The molecule has 1 aromatic carbocycles. The molecule has 104 valence electrons. The smallest absolute Gasteiger partial charge is 0.227 e. The Bertz CT molecular complexity index is 439. The minimum Gasteiger partial charge on any atom is -0.491 e. The summed E-state index contributed by atoms with van der Waals surface area (Å²) >= 11 is 0. The van der Waals surface area contributed by atoms with Crippen molar-refractivity contribution in [2.45, 2.75) is 25.3 Å². The molecule has 1 aliphatic rings. The van der Waals surface area contributed by atoms with E-state index in [2.05, 4.69) is 5.32 Å². The van der Waals surface area contributed by atoms with Crippen LogP contribution in [-0.2, 0) is 4.79 Å². The molecule has 0 bridgehead atoms. The van der Waals surface area contributed by atoms with Gasteiger partial charge in [-0.05, 0) is 31.4 Å². The molecule has 0 aliphatic heterocycles. The number of rotatable bonds is 5. The highest BCUT2D eigenvalue weighted by molar-refractivity contribution is 5.92. The maximum Gasteiger partial charge on any atom is 0.227 e. The maximum atomic E-state index is 12.0. The number of hydrogen-bond acceptors (Lipinski definition) is 3. The lowest BCUT2D eigenvalue weighted by Crippen LogP contribution is -2.23. The van der Waals surface area contributed by atoms with E-state index in [0.717, 1.165) is 19.3 Å². The summed E-state index contributed by atoms with van der Waals surface area (Å²) in [5.41, 5.74) is 6.47. The van der Waals surface area contributed by atoms with Crippen molar-refractivity contribution >= 4 is 11.6 Å². The van der Waals surface area contributed by atoms with Crippen molar-refractivity contribution < 1.29 is 13.9 Å². The molecule has 5 heteroatoms. The highest BCUT2D eigenvalue weighted by Crippen LogP contribution is 2.26. The first-order chi connectivity index (χ1) is 9.19. The number of carbonyl (C=O) groups is 1. The number of ether oxygens (including phenoxy) is 1. The molecule has 1 aliphatic carbocycles. The van der Waals surface area contributed by atoms with Crippen LogP contribution in [0.4, 0.5) is 10.1 Å². The van der Waals surface area contributed by atoms with E-state index in [9.17, 15) is 9.18 Å². The monoisotopic (exact) mass is 266 g/mol. The Morgan fingerprint density at radius 1 is 1.47 bits per heavy atom. The molecule has 1 amide bonds. The summed E-state index contributed by atoms with van der Waals surface area (Å²) in [5, 5.41) is 2.85. The number of hydrogen-bond donors (Lipinski definition) is 2. The van der Waals surface area contributed by atoms with Crippen LogP contribution in [0.25, 0.3) is 0 Å². The topological polar surface area (TPSA) is 64.4 Å². The van der Waals surface area contributed by atoms with E-state index in [0.29, 0.717) is 11.4 Å². The number of amides is 1. The highest BCUT2D eigenvalue weighted by atomic mass is 19.1. The molecule has 0 saturated heterocycles. The number of alkyl halides is 1. The van der Waals surface area contributed by atoms with Gasteiger partial charge in [0.2, 0.25) is 5.91 Å². The second-order valence-electron chi connectivity index (χ2n) is 4.82. The quantitative estimate of drug-likeness (QED) is 0.857. The van der Waals surface area contributed by atoms with Gasteiger partial charge in [0.05, 0.1) is 0 Å². The van der Waals surface area contributed by atoms with Crippen LogP contribution in [0.3, 0.4) is 0 Å². The maximum absolute atomic E-state index is 12.0. The van der Waals surface area contributed by atoms with Crippen molar-refractivity contribution in [2.24, 2.45) is 11.7 Å². The van der Waals surface area contributed by atoms with Crippen LogP contribution >= 0.6 is 0 Å². The summed E-state index contributed by atoms with van der Waals surface area (Å²) in [5.74, 6) is 0.541. The molecule has 2 rings (SSSR count). The first kappa shape index (κ1) is 13.8. The average Bonchev–Trinajstić information content (AvgIpc) is 2.83. The van der Waals surface area contributed by atoms with Crippen LogP contribution in [0.5, 0.6) is 5.75 Å². The zero-order valence-electron chi connectivity index (χ0n) is 10.8. The van der Waals surface area contributed by atoms with Gasteiger partial charge in [-0.15, -0.1) is 0 Å². The summed E-state index contributed by atoms with van der Waals surface area (Å²) in [6.45, 7) is -0.509. The average molecular weight is 266 g/mol. The second-order valence-corrected chi connectivity index (χ2v) is 4.82. The van der Waals surface area contributed by atoms with E-state index in [4.69, 9.17) is 10.5 Å². The molecule has 1 saturated carbocycles.